The van der Waals surface area contributed by atoms with E-state index in [1.165, 1.54) is 6.07 Å². The maximum atomic E-state index is 13.7. The second-order valence-electron chi connectivity index (χ2n) is 5.74. The molecule has 0 aromatic heterocycles. The van der Waals surface area contributed by atoms with Crippen molar-refractivity contribution in [2.24, 2.45) is 4.99 Å². The molecular formula is C21H16Cl2FNO. The molecule has 0 saturated heterocycles. The summed E-state index contributed by atoms with van der Waals surface area (Å²) in [7, 11) is 0. The van der Waals surface area contributed by atoms with E-state index in [1.807, 2.05) is 31.2 Å². The van der Waals surface area contributed by atoms with E-state index in [9.17, 15) is 4.39 Å². The van der Waals surface area contributed by atoms with Gasteiger partial charge in [-0.1, -0.05) is 59.6 Å². The number of hydrogen-bond donors (Lipinski definition) is 0. The summed E-state index contributed by atoms with van der Waals surface area (Å²) in [5.41, 5.74) is 3.14. The molecule has 0 N–H and O–H groups in total. The van der Waals surface area contributed by atoms with Gasteiger partial charge in [-0.05, 0) is 42.3 Å². The molecule has 0 unspecified atom stereocenters. The van der Waals surface area contributed by atoms with Crippen molar-refractivity contribution in [1.82, 2.24) is 0 Å². The third kappa shape index (κ3) is 4.43. The summed E-state index contributed by atoms with van der Waals surface area (Å²) in [5.74, 6) is -0.00800. The van der Waals surface area contributed by atoms with Gasteiger partial charge in [0.1, 0.15) is 12.4 Å². The molecule has 3 rings (SSSR count). The highest BCUT2D eigenvalue weighted by Gasteiger charge is 2.11. The zero-order chi connectivity index (χ0) is 18.5. The molecule has 0 spiro atoms. The van der Waals surface area contributed by atoms with Gasteiger partial charge in [-0.2, -0.15) is 0 Å². The van der Waals surface area contributed by atoms with Crippen LogP contribution < -0.4 is 4.74 Å². The SMILES string of the molecule is Cc1ccccc1N=Cc1cc(Cl)c(OCc2ccccc2F)c(Cl)c1. The van der Waals surface area contributed by atoms with Gasteiger partial charge in [0.05, 0.1) is 15.7 Å². The van der Waals surface area contributed by atoms with Crippen LogP contribution >= 0.6 is 23.2 Å². The number of para-hydroxylation sites is 1. The quantitative estimate of drug-likeness (QED) is 0.442. The maximum absolute atomic E-state index is 13.7. The first-order valence-electron chi connectivity index (χ1n) is 7.99. The summed E-state index contributed by atoms with van der Waals surface area (Å²) in [4.78, 5) is 4.46. The van der Waals surface area contributed by atoms with Crippen molar-refractivity contribution < 1.29 is 9.13 Å². The van der Waals surface area contributed by atoms with Gasteiger partial charge in [0.2, 0.25) is 0 Å². The largest absolute Gasteiger partial charge is 0.486 e. The lowest BCUT2D eigenvalue weighted by Gasteiger charge is -2.11. The lowest BCUT2D eigenvalue weighted by Crippen LogP contribution is -1.99. The second kappa shape index (κ2) is 8.35. The van der Waals surface area contributed by atoms with E-state index in [-0.39, 0.29) is 12.4 Å². The van der Waals surface area contributed by atoms with Crippen LogP contribution in [0.3, 0.4) is 0 Å². The molecule has 0 amide bonds. The average molecular weight is 388 g/mol. The Morgan fingerprint density at radius 2 is 1.65 bits per heavy atom. The molecule has 0 aliphatic carbocycles. The zero-order valence-electron chi connectivity index (χ0n) is 14.0. The van der Waals surface area contributed by atoms with Gasteiger partial charge in [0, 0.05) is 11.8 Å². The molecule has 3 aromatic rings. The Kier molecular flexibility index (Phi) is 5.92. The number of nitrogens with zero attached hydrogens (tertiary/aromatic N) is 1. The number of hydrogen-bond acceptors (Lipinski definition) is 2. The monoisotopic (exact) mass is 387 g/mol. The van der Waals surface area contributed by atoms with E-state index in [1.54, 1.807) is 36.5 Å². The van der Waals surface area contributed by atoms with E-state index in [4.69, 9.17) is 27.9 Å². The van der Waals surface area contributed by atoms with Gasteiger partial charge in [0.25, 0.3) is 0 Å². The molecule has 132 valence electrons. The molecule has 0 fully saturated rings. The van der Waals surface area contributed by atoms with Crippen LogP contribution in [-0.2, 0) is 6.61 Å². The standard InChI is InChI=1S/C21H16Cl2FNO/c1-14-6-2-5-9-20(14)25-12-15-10-17(22)21(18(23)11-15)26-13-16-7-3-4-8-19(16)24/h2-12H,13H2,1H3. The Hall–Kier alpha value is -2.36. The Morgan fingerprint density at radius 3 is 2.35 bits per heavy atom. The minimum atomic E-state index is -0.332. The highest BCUT2D eigenvalue weighted by Crippen LogP contribution is 2.34. The van der Waals surface area contributed by atoms with E-state index in [2.05, 4.69) is 4.99 Å². The summed E-state index contributed by atoms with van der Waals surface area (Å²) in [6.07, 6.45) is 1.70. The number of rotatable bonds is 5. The summed E-state index contributed by atoms with van der Waals surface area (Å²) in [5, 5.41) is 0.695. The normalized spacial score (nSPS) is 11.1. The number of aliphatic imine (C=N–C) groups is 1. The molecule has 2 nitrogen and oxygen atoms in total. The Labute approximate surface area is 161 Å². The predicted octanol–water partition coefficient (Wildman–Crippen LogP) is 6.77. The fraction of sp³-hybridized carbons (Fsp3) is 0.0952. The fourth-order valence-electron chi connectivity index (χ4n) is 2.41. The topological polar surface area (TPSA) is 21.6 Å². The summed E-state index contributed by atoms with van der Waals surface area (Å²) in [6.45, 7) is 2.04. The van der Waals surface area contributed by atoms with Crippen LogP contribution in [0, 0.1) is 12.7 Å². The third-order valence-electron chi connectivity index (χ3n) is 3.82. The highest BCUT2D eigenvalue weighted by atomic mass is 35.5. The van der Waals surface area contributed by atoms with Crippen molar-refractivity contribution in [3.05, 3.63) is 93.2 Å². The number of ether oxygens (including phenoxy) is 1. The number of benzene rings is 3. The first-order chi connectivity index (χ1) is 12.5. The smallest absolute Gasteiger partial charge is 0.157 e. The van der Waals surface area contributed by atoms with E-state index in [0.29, 0.717) is 21.4 Å². The average Bonchev–Trinajstić information content (AvgIpc) is 2.62. The molecule has 26 heavy (non-hydrogen) atoms. The summed E-state index contributed by atoms with van der Waals surface area (Å²) >= 11 is 12.6. The Morgan fingerprint density at radius 1 is 1.00 bits per heavy atom. The van der Waals surface area contributed by atoms with E-state index >= 15 is 0 Å². The molecule has 3 aromatic carbocycles. The van der Waals surface area contributed by atoms with E-state index in [0.717, 1.165) is 16.8 Å². The van der Waals surface area contributed by atoms with Crippen LogP contribution in [0.4, 0.5) is 10.1 Å². The van der Waals surface area contributed by atoms with E-state index < -0.39 is 0 Å². The van der Waals surface area contributed by atoms with Crippen molar-refractivity contribution in [3.63, 3.8) is 0 Å². The van der Waals surface area contributed by atoms with Crippen molar-refractivity contribution >= 4 is 35.1 Å². The first-order valence-corrected chi connectivity index (χ1v) is 8.75. The lowest BCUT2D eigenvalue weighted by atomic mass is 10.2. The molecule has 0 radical (unpaired) electrons. The fourth-order valence-corrected chi connectivity index (χ4v) is 3.02. The molecule has 0 aliphatic rings. The van der Waals surface area contributed by atoms with Crippen LogP contribution in [0.5, 0.6) is 5.75 Å². The Bertz CT molecular complexity index is 933. The van der Waals surface area contributed by atoms with Gasteiger partial charge in [-0.3, -0.25) is 4.99 Å². The van der Waals surface area contributed by atoms with Gasteiger partial charge in [0.15, 0.2) is 5.75 Å². The Balaban J connectivity index is 1.78. The maximum Gasteiger partial charge on any atom is 0.157 e. The van der Waals surface area contributed by atoms with Gasteiger partial charge >= 0.3 is 0 Å². The van der Waals surface area contributed by atoms with Crippen LogP contribution in [0.25, 0.3) is 0 Å². The van der Waals surface area contributed by atoms with Gasteiger partial charge < -0.3 is 4.74 Å². The van der Waals surface area contributed by atoms with Crippen molar-refractivity contribution in [1.29, 1.82) is 0 Å². The van der Waals surface area contributed by atoms with Crippen LogP contribution in [-0.4, -0.2) is 6.21 Å². The molecule has 0 bridgehead atoms. The number of halogens is 3. The first kappa shape index (κ1) is 18.4. The van der Waals surface area contributed by atoms with Gasteiger partial charge in [-0.25, -0.2) is 4.39 Å². The van der Waals surface area contributed by atoms with Crippen molar-refractivity contribution in [2.75, 3.05) is 0 Å². The predicted molar refractivity (Wildman–Crippen MR) is 106 cm³/mol. The summed E-state index contributed by atoms with van der Waals surface area (Å²) in [6, 6.07) is 17.7. The van der Waals surface area contributed by atoms with Crippen LogP contribution in [0.1, 0.15) is 16.7 Å². The molecule has 5 heteroatoms. The van der Waals surface area contributed by atoms with Crippen LogP contribution in [0.2, 0.25) is 10.0 Å². The third-order valence-corrected chi connectivity index (χ3v) is 4.38. The number of aryl methyl sites for hydroxylation is 1. The summed E-state index contributed by atoms with van der Waals surface area (Å²) < 4.78 is 19.3. The van der Waals surface area contributed by atoms with Gasteiger partial charge in [-0.15, -0.1) is 0 Å². The zero-order valence-corrected chi connectivity index (χ0v) is 15.6. The molecule has 0 atom stereocenters. The molecule has 0 heterocycles. The molecule has 0 aliphatic heterocycles. The van der Waals surface area contributed by atoms with Crippen molar-refractivity contribution in [3.8, 4) is 5.75 Å². The minimum absolute atomic E-state index is 0.0444. The molecule has 0 saturated carbocycles. The molecular weight excluding hydrogens is 372 g/mol. The second-order valence-corrected chi connectivity index (χ2v) is 6.55. The highest BCUT2D eigenvalue weighted by molar-refractivity contribution is 6.37. The van der Waals surface area contributed by atoms with Crippen molar-refractivity contribution in [2.45, 2.75) is 13.5 Å². The lowest BCUT2D eigenvalue weighted by molar-refractivity contribution is 0.300. The minimum Gasteiger partial charge on any atom is -0.486 e. The van der Waals surface area contributed by atoms with Crippen LogP contribution in [0.15, 0.2) is 65.7 Å².